The zero-order chi connectivity index (χ0) is 9.68. The molecule has 1 heterocycles. The van der Waals surface area contributed by atoms with Gasteiger partial charge in [0, 0.05) is 18.2 Å². The van der Waals surface area contributed by atoms with Crippen LogP contribution in [0, 0.1) is 0 Å². The molecule has 1 aromatic heterocycles. The molecule has 0 amide bonds. The maximum Gasteiger partial charge on any atom is 0.182 e. The van der Waals surface area contributed by atoms with Crippen molar-refractivity contribution in [3.63, 3.8) is 0 Å². The molecule has 0 unspecified atom stereocenters. The minimum atomic E-state index is 0.515. The monoisotopic (exact) mass is 217 g/mol. The summed E-state index contributed by atoms with van der Waals surface area (Å²) in [5.74, 6) is 0.515. The van der Waals surface area contributed by atoms with Gasteiger partial charge < -0.3 is 10.2 Å². The zero-order valence-corrected chi connectivity index (χ0v) is 9.15. The van der Waals surface area contributed by atoms with E-state index >= 15 is 0 Å². The molecule has 0 saturated carbocycles. The van der Waals surface area contributed by atoms with Gasteiger partial charge in [0.1, 0.15) is 18.5 Å². The van der Waals surface area contributed by atoms with E-state index in [9.17, 15) is 0 Å². The third kappa shape index (κ3) is 2.60. The molecule has 0 aromatic carbocycles. The summed E-state index contributed by atoms with van der Waals surface area (Å²) in [7, 11) is 3.34. The van der Waals surface area contributed by atoms with E-state index in [1.54, 1.807) is 0 Å². The second kappa shape index (κ2) is 5.08. The van der Waals surface area contributed by atoms with Crippen LogP contribution in [0.5, 0.6) is 0 Å². The van der Waals surface area contributed by atoms with Crippen molar-refractivity contribution >= 4 is 34.8 Å². The Morgan fingerprint density at radius 3 is 3.08 bits per heavy atom. The summed E-state index contributed by atoms with van der Waals surface area (Å²) in [5, 5.41) is 9.55. The van der Waals surface area contributed by atoms with Crippen LogP contribution in [-0.4, -0.2) is 30.6 Å². The SMILES string of the molecule is CNc1nc(/C(CS)=N\OC)cs1. The quantitative estimate of drug-likeness (QED) is 0.456. The molecule has 72 valence electrons. The van der Waals surface area contributed by atoms with E-state index in [4.69, 9.17) is 0 Å². The first kappa shape index (κ1) is 10.3. The number of nitrogens with one attached hydrogen (secondary N) is 1. The van der Waals surface area contributed by atoms with Gasteiger partial charge in [-0.05, 0) is 0 Å². The first-order valence-corrected chi connectivity index (χ1v) is 5.17. The summed E-state index contributed by atoms with van der Waals surface area (Å²) < 4.78 is 0. The highest BCUT2D eigenvalue weighted by Gasteiger charge is 2.06. The molecule has 0 aliphatic rings. The van der Waals surface area contributed by atoms with Crippen molar-refractivity contribution in [1.82, 2.24) is 4.98 Å². The Morgan fingerprint density at radius 2 is 2.62 bits per heavy atom. The van der Waals surface area contributed by atoms with Crippen molar-refractivity contribution in [3.05, 3.63) is 11.1 Å². The number of nitrogens with zero attached hydrogens (tertiary/aromatic N) is 2. The number of thiol groups is 1. The summed E-state index contributed by atoms with van der Waals surface area (Å²) in [5.41, 5.74) is 1.55. The van der Waals surface area contributed by atoms with E-state index in [2.05, 4.69) is 32.9 Å². The summed E-state index contributed by atoms with van der Waals surface area (Å²) in [4.78, 5) is 8.94. The second-order valence-corrected chi connectivity index (χ2v) is 3.34. The molecule has 0 bridgehead atoms. The molecule has 0 spiro atoms. The lowest BCUT2D eigenvalue weighted by Gasteiger charge is -1.96. The molecule has 0 aliphatic heterocycles. The molecule has 0 aliphatic carbocycles. The van der Waals surface area contributed by atoms with E-state index in [0.29, 0.717) is 5.75 Å². The number of anilines is 1. The van der Waals surface area contributed by atoms with Crippen LogP contribution in [0.2, 0.25) is 0 Å². The summed E-state index contributed by atoms with van der Waals surface area (Å²) >= 11 is 5.66. The highest BCUT2D eigenvalue weighted by molar-refractivity contribution is 7.81. The molecule has 1 rings (SSSR count). The number of thiazole rings is 1. The van der Waals surface area contributed by atoms with Crippen LogP contribution in [0.25, 0.3) is 0 Å². The standard InChI is InChI=1S/C7H11N3OS2/c1-8-7-9-6(4-13-7)5(3-12)10-11-2/h4,12H,3H2,1-2H3,(H,8,9)/b10-5-. The first-order valence-electron chi connectivity index (χ1n) is 3.66. The van der Waals surface area contributed by atoms with Crippen LogP contribution in [-0.2, 0) is 4.84 Å². The fraction of sp³-hybridized carbons (Fsp3) is 0.429. The Kier molecular flexibility index (Phi) is 4.04. The molecule has 4 nitrogen and oxygen atoms in total. The number of aromatic nitrogens is 1. The molecule has 6 heteroatoms. The van der Waals surface area contributed by atoms with Crippen molar-refractivity contribution in [1.29, 1.82) is 0 Å². The Bertz CT molecular complexity index is 298. The molecule has 0 atom stereocenters. The van der Waals surface area contributed by atoms with Gasteiger partial charge in [-0.25, -0.2) is 4.98 Å². The minimum absolute atomic E-state index is 0.515. The molecule has 0 fully saturated rings. The highest BCUT2D eigenvalue weighted by atomic mass is 32.1. The van der Waals surface area contributed by atoms with Gasteiger partial charge in [-0.15, -0.1) is 11.3 Å². The predicted octanol–water partition coefficient (Wildman–Crippen LogP) is 1.47. The fourth-order valence-electron chi connectivity index (χ4n) is 0.788. The average Bonchev–Trinajstić information content (AvgIpc) is 2.62. The van der Waals surface area contributed by atoms with E-state index in [0.717, 1.165) is 16.5 Å². The third-order valence-electron chi connectivity index (χ3n) is 1.36. The average molecular weight is 217 g/mol. The maximum absolute atomic E-state index is 4.68. The lowest BCUT2D eigenvalue weighted by Crippen LogP contribution is -2.04. The summed E-state index contributed by atoms with van der Waals surface area (Å²) in [6, 6.07) is 0. The Labute approximate surface area is 86.4 Å². The second-order valence-electron chi connectivity index (χ2n) is 2.17. The van der Waals surface area contributed by atoms with Gasteiger partial charge in [0.15, 0.2) is 5.13 Å². The summed E-state index contributed by atoms with van der Waals surface area (Å²) in [6.07, 6.45) is 0. The topological polar surface area (TPSA) is 46.5 Å². The van der Waals surface area contributed by atoms with Crippen LogP contribution < -0.4 is 5.32 Å². The number of hydrogen-bond acceptors (Lipinski definition) is 6. The Morgan fingerprint density at radius 1 is 1.85 bits per heavy atom. The third-order valence-corrected chi connectivity index (χ3v) is 2.52. The number of rotatable bonds is 4. The Balaban J connectivity index is 2.85. The summed E-state index contributed by atoms with van der Waals surface area (Å²) in [6.45, 7) is 0. The smallest absolute Gasteiger partial charge is 0.182 e. The highest BCUT2D eigenvalue weighted by Crippen LogP contribution is 2.15. The maximum atomic E-state index is 4.68. The largest absolute Gasteiger partial charge is 0.399 e. The van der Waals surface area contributed by atoms with Crippen LogP contribution in [0.1, 0.15) is 5.69 Å². The van der Waals surface area contributed by atoms with Crippen molar-refractivity contribution < 1.29 is 4.84 Å². The predicted molar refractivity (Wildman–Crippen MR) is 59.1 cm³/mol. The zero-order valence-electron chi connectivity index (χ0n) is 7.44. The first-order chi connectivity index (χ1) is 6.31. The van der Waals surface area contributed by atoms with Crippen molar-refractivity contribution in [2.45, 2.75) is 0 Å². The van der Waals surface area contributed by atoms with Crippen molar-refractivity contribution in [2.24, 2.45) is 5.16 Å². The van der Waals surface area contributed by atoms with Crippen molar-refractivity contribution in [2.75, 3.05) is 25.2 Å². The van der Waals surface area contributed by atoms with Gasteiger partial charge in [0.05, 0.1) is 0 Å². The molecular formula is C7H11N3OS2. The molecular weight excluding hydrogens is 206 g/mol. The van der Waals surface area contributed by atoms with E-state index in [-0.39, 0.29) is 0 Å². The number of hydrogen-bond donors (Lipinski definition) is 2. The lowest BCUT2D eigenvalue weighted by atomic mass is 10.3. The van der Waals surface area contributed by atoms with Crippen LogP contribution in [0.3, 0.4) is 0 Å². The van der Waals surface area contributed by atoms with Crippen LogP contribution in [0.15, 0.2) is 10.5 Å². The van der Waals surface area contributed by atoms with Gasteiger partial charge in [-0.2, -0.15) is 12.6 Å². The van der Waals surface area contributed by atoms with E-state index in [1.165, 1.54) is 18.4 Å². The Hall–Kier alpha value is -0.750. The van der Waals surface area contributed by atoms with Crippen molar-refractivity contribution in [3.8, 4) is 0 Å². The van der Waals surface area contributed by atoms with E-state index < -0.39 is 0 Å². The van der Waals surface area contributed by atoms with Gasteiger partial charge >= 0.3 is 0 Å². The van der Waals surface area contributed by atoms with E-state index in [1.807, 2.05) is 12.4 Å². The van der Waals surface area contributed by atoms with Crippen LogP contribution in [0.4, 0.5) is 5.13 Å². The van der Waals surface area contributed by atoms with Gasteiger partial charge in [-0.1, -0.05) is 5.16 Å². The fourth-order valence-corrected chi connectivity index (χ4v) is 1.69. The minimum Gasteiger partial charge on any atom is -0.399 e. The molecule has 0 radical (unpaired) electrons. The lowest BCUT2D eigenvalue weighted by molar-refractivity contribution is 0.213. The molecule has 13 heavy (non-hydrogen) atoms. The normalized spacial score (nSPS) is 11.5. The van der Waals surface area contributed by atoms with Gasteiger partial charge in [0.2, 0.25) is 0 Å². The van der Waals surface area contributed by atoms with Gasteiger partial charge in [-0.3, -0.25) is 0 Å². The van der Waals surface area contributed by atoms with Gasteiger partial charge in [0.25, 0.3) is 0 Å². The molecule has 0 saturated heterocycles. The molecule has 1 N–H and O–H groups in total. The van der Waals surface area contributed by atoms with Crippen LogP contribution >= 0.6 is 24.0 Å². The number of oxime groups is 1. The molecule has 1 aromatic rings.